The Labute approximate surface area is 228 Å². The highest BCUT2D eigenvalue weighted by Gasteiger charge is 2.27. The van der Waals surface area contributed by atoms with Crippen LogP contribution in [0, 0.1) is 0 Å². The number of benzene rings is 2. The van der Waals surface area contributed by atoms with E-state index in [2.05, 4.69) is 60.0 Å². The van der Waals surface area contributed by atoms with Gasteiger partial charge < -0.3 is 9.47 Å². The van der Waals surface area contributed by atoms with E-state index in [1.165, 1.54) is 21.4 Å². The molecule has 0 aliphatic carbocycles. The van der Waals surface area contributed by atoms with Gasteiger partial charge in [0.25, 0.3) is 0 Å². The van der Waals surface area contributed by atoms with Crippen molar-refractivity contribution in [2.45, 2.75) is 39.9 Å². The summed E-state index contributed by atoms with van der Waals surface area (Å²) in [5, 5.41) is 1.93. The second-order valence-corrected chi connectivity index (χ2v) is 10.9. The lowest BCUT2D eigenvalue weighted by molar-refractivity contribution is 0.249. The van der Waals surface area contributed by atoms with Gasteiger partial charge in [0.1, 0.15) is 4.83 Å². The van der Waals surface area contributed by atoms with Crippen molar-refractivity contribution >= 4 is 33.2 Å². The summed E-state index contributed by atoms with van der Waals surface area (Å²) in [6.07, 6.45) is 0.982. The van der Waals surface area contributed by atoms with E-state index in [1.807, 2.05) is 23.5 Å². The number of aromatic nitrogens is 1. The van der Waals surface area contributed by atoms with Crippen molar-refractivity contribution in [1.29, 1.82) is 0 Å². The monoisotopic (exact) mass is 535 g/mol. The molecule has 0 radical (unpaired) electrons. The summed E-state index contributed by atoms with van der Waals surface area (Å²) < 4.78 is 11.2. The molecule has 5 nitrogen and oxygen atoms in total. The van der Waals surface area contributed by atoms with Crippen LogP contribution >= 0.6 is 22.9 Å². The van der Waals surface area contributed by atoms with Gasteiger partial charge in [-0.3, -0.25) is 9.80 Å². The molecule has 1 aliphatic rings. The average molecular weight is 536 g/mol. The summed E-state index contributed by atoms with van der Waals surface area (Å²) in [6, 6.07) is 16.8. The minimum atomic E-state index is 0.699. The van der Waals surface area contributed by atoms with E-state index < -0.39 is 0 Å². The highest BCUT2D eigenvalue weighted by molar-refractivity contribution is 7.19. The van der Waals surface area contributed by atoms with Crippen LogP contribution in [0.1, 0.15) is 35.5 Å². The molecule has 0 unspecified atom stereocenters. The number of thiophene rings is 1. The van der Waals surface area contributed by atoms with Crippen molar-refractivity contribution in [2.24, 2.45) is 0 Å². The van der Waals surface area contributed by atoms with Gasteiger partial charge in [-0.05, 0) is 48.3 Å². The van der Waals surface area contributed by atoms with Crippen LogP contribution in [0.3, 0.4) is 0 Å². The fourth-order valence-corrected chi connectivity index (χ4v) is 6.80. The first-order valence-electron chi connectivity index (χ1n) is 12.9. The van der Waals surface area contributed by atoms with Gasteiger partial charge in [0, 0.05) is 42.0 Å². The van der Waals surface area contributed by atoms with Crippen molar-refractivity contribution in [2.75, 3.05) is 33.9 Å². The number of hydrogen-bond donors (Lipinski definition) is 0. The minimum absolute atomic E-state index is 0.699. The van der Waals surface area contributed by atoms with E-state index in [9.17, 15) is 0 Å². The molecule has 2 aromatic heterocycles. The van der Waals surface area contributed by atoms with Gasteiger partial charge in [0.05, 0.1) is 24.9 Å². The van der Waals surface area contributed by atoms with Gasteiger partial charge in [-0.2, -0.15) is 0 Å². The smallest absolute Gasteiger partial charge is 0.161 e. The Hall–Kier alpha value is -2.64. The van der Waals surface area contributed by atoms with E-state index in [4.69, 9.17) is 26.1 Å². The number of ether oxygens (including phenoxy) is 2. The zero-order valence-electron chi connectivity index (χ0n) is 22.0. The van der Waals surface area contributed by atoms with E-state index in [0.717, 1.165) is 72.4 Å². The molecule has 37 heavy (non-hydrogen) atoms. The predicted octanol–water partition coefficient (Wildman–Crippen LogP) is 7.03. The Bertz CT molecular complexity index is 1390. The summed E-state index contributed by atoms with van der Waals surface area (Å²) in [7, 11) is 3.33. The first kappa shape index (κ1) is 26.0. The van der Waals surface area contributed by atoms with Crippen LogP contribution in [-0.4, -0.2) is 48.6 Å². The third kappa shape index (κ3) is 5.21. The van der Waals surface area contributed by atoms with Crippen LogP contribution in [0.2, 0.25) is 5.02 Å². The van der Waals surface area contributed by atoms with Gasteiger partial charge in [-0.1, -0.05) is 61.8 Å². The van der Waals surface area contributed by atoms with E-state index >= 15 is 0 Å². The fraction of sp³-hybridized carbons (Fsp3) is 0.367. The average Bonchev–Trinajstić information content (AvgIpc) is 3.29. The Morgan fingerprint density at radius 2 is 1.78 bits per heavy atom. The topological polar surface area (TPSA) is 37.8 Å². The normalized spacial score (nSPS) is 13.8. The molecule has 0 spiro atoms. The number of halogens is 1. The molecule has 3 heterocycles. The van der Waals surface area contributed by atoms with E-state index in [1.54, 1.807) is 14.2 Å². The third-order valence-electron chi connectivity index (χ3n) is 7.27. The summed E-state index contributed by atoms with van der Waals surface area (Å²) >= 11 is 9.04. The second-order valence-electron chi connectivity index (χ2n) is 9.41. The molecule has 2 aromatic carbocycles. The molecule has 1 aliphatic heterocycles. The molecule has 0 bridgehead atoms. The lowest BCUT2D eigenvalue weighted by Crippen LogP contribution is -2.29. The summed E-state index contributed by atoms with van der Waals surface area (Å²) in [6.45, 7) is 9.88. The predicted molar refractivity (Wildman–Crippen MR) is 154 cm³/mol. The molecule has 0 fully saturated rings. The van der Waals surface area contributed by atoms with E-state index in [0.29, 0.717) is 11.5 Å². The fourth-order valence-electron chi connectivity index (χ4n) is 5.21. The summed E-state index contributed by atoms with van der Waals surface area (Å²) in [5.41, 5.74) is 5.76. The first-order chi connectivity index (χ1) is 18.1. The standard InChI is InChI=1S/C30H34ClN3O2S/c1-5-33(6-2)18-23-29(31)27(21-12-13-24(35-3)25(16-21)36-4)28-22-14-15-34(17-20-10-8-7-9-11-20)19-26(22)37-30(28)32-23/h7-13,16H,5-6,14-15,17-19H2,1-4H3. The first-order valence-corrected chi connectivity index (χ1v) is 14.1. The van der Waals surface area contributed by atoms with Crippen LogP contribution < -0.4 is 9.47 Å². The minimum Gasteiger partial charge on any atom is -0.493 e. The molecule has 7 heteroatoms. The van der Waals surface area contributed by atoms with Crippen molar-refractivity contribution in [1.82, 2.24) is 14.8 Å². The number of pyridine rings is 1. The summed E-state index contributed by atoms with van der Waals surface area (Å²) in [5.74, 6) is 1.41. The number of methoxy groups -OCH3 is 2. The molecule has 194 valence electrons. The maximum absolute atomic E-state index is 7.22. The molecular formula is C30H34ClN3O2S. The van der Waals surface area contributed by atoms with Gasteiger partial charge in [0.15, 0.2) is 11.5 Å². The Balaban J connectivity index is 1.63. The van der Waals surface area contributed by atoms with E-state index in [-0.39, 0.29) is 0 Å². The Morgan fingerprint density at radius 1 is 1.03 bits per heavy atom. The molecule has 0 saturated heterocycles. The van der Waals surface area contributed by atoms with Crippen molar-refractivity contribution in [3.63, 3.8) is 0 Å². The maximum Gasteiger partial charge on any atom is 0.161 e. The molecule has 4 aromatic rings. The van der Waals surface area contributed by atoms with Crippen LogP contribution in [0.5, 0.6) is 11.5 Å². The van der Waals surface area contributed by atoms with Gasteiger partial charge in [-0.25, -0.2) is 4.98 Å². The molecule has 0 atom stereocenters. The van der Waals surface area contributed by atoms with Gasteiger partial charge in [0.2, 0.25) is 0 Å². The molecular weight excluding hydrogens is 502 g/mol. The van der Waals surface area contributed by atoms with Crippen molar-refractivity contribution in [3.05, 3.63) is 75.3 Å². The van der Waals surface area contributed by atoms with Gasteiger partial charge >= 0.3 is 0 Å². The largest absolute Gasteiger partial charge is 0.493 e. The lowest BCUT2D eigenvalue weighted by atomic mass is 9.95. The number of rotatable bonds is 9. The van der Waals surface area contributed by atoms with Crippen LogP contribution in [0.25, 0.3) is 21.3 Å². The van der Waals surface area contributed by atoms with Crippen LogP contribution in [0.4, 0.5) is 0 Å². The number of hydrogen-bond acceptors (Lipinski definition) is 6. The Kier molecular flexibility index (Phi) is 8.01. The third-order valence-corrected chi connectivity index (χ3v) is 8.78. The number of nitrogens with zero attached hydrogens (tertiary/aromatic N) is 3. The highest BCUT2D eigenvalue weighted by Crippen LogP contribution is 2.46. The molecule has 5 rings (SSSR count). The Morgan fingerprint density at radius 3 is 2.49 bits per heavy atom. The maximum atomic E-state index is 7.22. The van der Waals surface area contributed by atoms with Crippen molar-refractivity contribution in [3.8, 4) is 22.6 Å². The second kappa shape index (κ2) is 11.4. The molecule has 0 N–H and O–H groups in total. The zero-order chi connectivity index (χ0) is 25.9. The lowest BCUT2D eigenvalue weighted by Gasteiger charge is -2.27. The highest BCUT2D eigenvalue weighted by atomic mass is 35.5. The van der Waals surface area contributed by atoms with Crippen LogP contribution in [0.15, 0.2) is 48.5 Å². The summed E-state index contributed by atoms with van der Waals surface area (Å²) in [4.78, 5) is 12.5. The quantitative estimate of drug-likeness (QED) is 0.230. The van der Waals surface area contributed by atoms with Crippen LogP contribution in [-0.2, 0) is 26.1 Å². The zero-order valence-corrected chi connectivity index (χ0v) is 23.6. The molecule has 0 amide bonds. The van der Waals surface area contributed by atoms with Gasteiger partial charge in [-0.15, -0.1) is 11.3 Å². The number of fused-ring (bicyclic) bond motifs is 3. The molecule has 0 saturated carbocycles. The van der Waals surface area contributed by atoms with Crippen molar-refractivity contribution < 1.29 is 9.47 Å². The SMILES string of the molecule is CCN(CC)Cc1nc2sc3c(c2c(-c2ccc(OC)c(OC)c2)c1Cl)CCN(Cc1ccccc1)C3.